The van der Waals surface area contributed by atoms with E-state index in [1.165, 1.54) is 13.8 Å². The van der Waals surface area contributed by atoms with Gasteiger partial charge in [-0.05, 0) is 42.8 Å². The van der Waals surface area contributed by atoms with Gasteiger partial charge < -0.3 is 4.90 Å². The van der Waals surface area contributed by atoms with Crippen LogP contribution in [0.15, 0.2) is 87.3 Å². The van der Waals surface area contributed by atoms with Crippen molar-refractivity contribution in [2.45, 2.75) is 24.9 Å². The average Bonchev–Trinajstić information content (AvgIpc) is 2.94. The summed E-state index contributed by atoms with van der Waals surface area (Å²) in [5.41, 5.74) is 1.10. The van der Waals surface area contributed by atoms with Gasteiger partial charge in [0.15, 0.2) is 0 Å². The van der Waals surface area contributed by atoms with Crippen molar-refractivity contribution in [2.75, 3.05) is 26.2 Å². The van der Waals surface area contributed by atoms with E-state index in [4.69, 9.17) is 11.6 Å². The third-order valence-corrected chi connectivity index (χ3v) is 9.07. The predicted molar refractivity (Wildman–Crippen MR) is 150 cm³/mol. The van der Waals surface area contributed by atoms with Crippen molar-refractivity contribution in [3.05, 3.63) is 110 Å². The summed E-state index contributed by atoms with van der Waals surface area (Å²) in [5.74, 6) is -0.383. The highest BCUT2D eigenvalue weighted by molar-refractivity contribution is 7.89. The molecule has 1 saturated heterocycles. The Balaban J connectivity index is 1.38. The minimum atomic E-state index is -3.68. The number of hydrogen-bond acceptors (Lipinski definition) is 5. The normalized spacial score (nSPS) is 14.6. The summed E-state index contributed by atoms with van der Waals surface area (Å²) in [5, 5.41) is 0.364. The molecule has 0 N–H and O–H groups in total. The van der Waals surface area contributed by atoms with Crippen LogP contribution < -0.4 is 11.1 Å². The molecule has 1 aromatic heterocycles. The zero-order valence-corrected chi connectivity index (χ0v) is 22.9. The van der Waals surface area contributed by atoms with E-state index in [0.29, 0.717) is 16.1 Å². The van der Waals surface area contributed by atoms with E-state index in [2.05, 4.69) is 0 Å². The van der Waals surface area contributed by atoms with E-state index in [1.807, 2.05) is 37.3 Å². The van der Waals surface area contributed by atoms with E-state index in [-0.39, 0.29) is 50.1 Å². The zero-order chi connectivity index (χ0) is 27.7. The summed E-state index contributed by atoms with van der Waals surface area (Å²) in [4.78, 5) is 41.4. The number of rotatable bonds is 6. The van der Waals surface area contributed by atoms with Gasteiger partial charge in [-0.3, -0.25) is 23.5 Å². The van der Waals surface area contributed by atoms with Gasteiger partial charge in [0.05, 0.1) is 22.5 Å². The number of halogens is 1. The van der Waals surface area contributed by atoms with Crippen molar-refractivity contribution < 1.29 is 13.2 Å². The molecule has 39 heavy (non-hydrogen) atoms. The van der Waals surface area contributed by atoms with Crippen LogP contribution in [0.5, 0.6) is 0 Å². The van der Waals surface area contributed by atoms with E-state index in [0.717, 1.165) is 15.7 Å². The monoisotopic (exact) mass is 566 g/mol. The van der Waals surface area contributed by atoms with E-state index in [1.54, 1.807) is 42.5 Å². The summed E-state index contributed by atoms with van der Waals surface area (Å²) in [6.07, 6.45) is 0. The van der Waals surface area contributed by atoms with Gasteiger partial charge in [0, 0.05) is 31.2 Å². The lowest BCUT2D eigenvalue weighted by atomic mass is 10.2. The number of nitrogens with zero attached hydrogens (tertiary/aromatic N) is 4. The molecule has 1 fully saturated rings. The molecule has 0 atom stereocenters. The van der Waals surface area contributed by atoms with Gasteiger partial charge in [-0.1, -0.05) is 59.6 Å². The van der Waals surface area contributed by atoms with Gasteiger partial charge >= 0.3 is 11.1 Å². The number of sulfonamides is 1. The second kappa shape index (κ2) is 10.8. The molecule has 5 rings (SSSR count). The molecule has 0 unspecified atom stereocenters. The van der Waals surface area contributed by atoms with Gasteiger partial charge in [0.1, 0.15) is 6.54 Å². The molecule has 0 saturated carbocycles. The summed E-state index contributed by atoms with van der Waals surface area (Å²) in [6, 6.07) is 20.8. The Morgan fingerprint density at radius 3 is 2.13 bits per heavy atom. The smallest absolute Gasteiger partial charge is 0.317 e. The third-order valence-electron chi connectivity index (χ3n) is 6.92. The lowest BCUT2D eigenvalue weighted by molar-refractivity contribution is -0.133. The molecule has 9 nitrogen and oxygen atoms in total. The second-order valence-corrected chi connectivity index (χ2v) is 11.9. The molecule has 11 heteroatoms. The topological polar surface area (TPSA) is 102 Å². The first-order valence-corrected chi connectivity index (χ1v) is 14.3. The Bertz CT molecular complexity index is 1760. The van der Waals surface area contributed by atoms with Gasteiger partial charge in [-0.25, -0.2) is 8.42 Å². The zero-order valence-electron chi connectivity index (χ0n) is 21.3. The van der Waals surface area contributed by atoms with Crippen LogP contribution in [-0.4, -0.2) is 58.8 Å². The fourth-order valence-corrected chi connectivity index (χ4v) is 6.33. The van der Waals surface area contributed by atoms with Crippen molar-refractivity contribution in [3.63, 3.8) is 0 Å². The molecule has 1 aliphatic heterocycles. The molecule has 1 aliphatic rings. The fourth-order valence-electron chi connectivity index (χ4n) is 4.74. The first-order chi connectivity index (χ1) is 18.6. The van der Waals surface area contributed by atoms with Crippen molar-refractivity contribution >= 4 is 38.6 Å². The number of benzene rings is 3. The standard InChI is InChI=1S/C28H27ClN4O5S/c1-20-7-10-23(11-8-20)39(37,38)31-15-13-30(14-16-31)26(34)19-33-25-17-22(29)9-12-24(25)32(27(35)28(33)36)18-21-5-3-2-4-6-21/h2-12,17H,13-16,18-19H2,1H3. The second-order valence-electron chi connectivity index (χ2n) is 9.50. The van der Waals surface area contributed by atoms with Crippen LogP contribution in [0.2, 0.25) is 5.02 Å². The summed E-state index contributed by atoms with van der Waals surface area (Å²) >= 11 is 6.24. The van der Waals surface area contributed by atoms with Crippen molar-refractivity contribution in [3.8, 4) is 0 Å². The Hall–Kier alpha value is -3.73. The molecule has 0 spiro atoms. The summed E-state index contributed by atoms with van der Waals surface area (Å²) in [7, 11) is -3.68. The maximum Gasteiger partial charge on any atom is 0.317 e. The minimum Gasteiger partial charge on any atom is -0.338 e. The molecule has 202 valence electrons. The maximum atomic E-state index is 13.3. The summed E-state index contributed by atoms with van der Waals surface area (Å²) in [6.45, 7) is 2.31. The fraction of sp³-hybridized carbons (Fsp3) is 0.250. The molecule has 1 amide bonds. The van der Waals surface area contributed by atoms with E-state index < -0.39 is 21.1 Å². The molecular formula is C28H27ClN4O5S. The number of fused-ring (bicyclic) bond motifs is 1. The van der Waals surface area contributed by atoms with E-state index >= 15 is 0 Å². The minimum absolute atomic E-state index is 0.127. The first kappa shape index (κ1) is 26.9. The first-order valence-electron chi connectivity index (χ1n) is 12.5. The third kappa shape index (κ3) is 5.40. The molecule has 4 aromatic rings. The summed E-state index contributed by atoms with van der Waals surface area (Å²) < 4.78 is 29.9. The molecule has 2 heterocycles. The molecular weight excluding hydrogens is 540 g/mol. The Labute approximate surface area is 230 Å². The number of amides is 1. The molecule has 3 aromatic carbocycles. The van der Waals surface area contributed by atoms with Crippen LogP contribution >= 0.6 is 11.6 Å². The number of piperazine rings is 1. The van der Waals surface area contributed by atoms with Gasteiger partial charge in [0.25, 0.3) is 0 Å². The Kier molecular flexibility index (Phi) is 7.44. The highest BCUT2D eigenvalue weighted by Crippen LogP contribution is 2.20. The largest absolute Gasteiger partial charge is 0.338 e. The molecule has 0 radical (unpaired) electrons. The number of aryl methyl sites for hydroxylation is 1. The van der Waals surface area contributed by atoms with E-state index in [9.17, 15) is 22.8 Å². The molecule has 0 bridgehead atoms. The number of aromatic nitrogens is 2. The lowest BCUT2D eigenvalue weighted by Crippen LogP contribution is -2.52. The van der Waals surface area contributed by atoms with Crippen molar-refractivity contribution in [1.82, 2.24) is 18.3 Å². The van der Waals surface area contributed by atoms with Crippen LogP contribution in [0, 0.1) is 6.92 Å². The Morgan fingerprint density at radius 1 is 0.821 bits per heavy atom. The highest BCUT2D eigenvalue weighted by Gasteiger charge is 2.30. The maximum absolute atomic E-state index is 13.3. The molecule has 0 aliphatic carbocycles. The predicted octanol–water partition coefficient (Wildman–Crippen LogP) is 2.71. The van der Waals surface area contributed by atoms with Gasteiger partial charge in [0.2, 0.25) is 15.9 Å². The number of hydrogen-bond donors (Lipinski definition) is 0. The van der Waals surface area contributed by atoms with Crippen LogP contribution in [0.1, 0.15) is 11.1 Å². The van der Waals surface area contributed by atoms with Crippen LogP contribution in [0.25, 0.3) is 11.0 Å². The van der Waals surface area contributed by atoms with Gasteiger partial charge in [-0.2, -0.15) is 4.31 Å². The van der Waals surface area contributed by atoms with Gasteiger partial charge in [-0.15, -0.1) is 0 Å². The quantitative estimate of drug-likeness (QED) is 0.334. The van der Waals surface area contributed by atoms with Crippen LogP contribution in [0.3, 0.4) is 0 Å². The SMILES string of the molecule is Cc1ccc(S(=O)(=O)N2CCN(C(=O)Cn3c(=O)c(=O)n(Cc4ccccc4)c4ccc(Cl)cc43)CC2)cc1. The van der Waals surface area contributed by atoms with Crippen LogP contribution in [0.4, 0.5) is 0 Å². The average molecular weight is 567 g/mol. The number of carbonyl (C=O) groups excluding carboxylic acids is 1. The highest BCUT2D eigenvalue weighted by atomic mass is 35.5. The lowest BCUT2D eigenvalue weighted by Gasteiger charge is -2.34. The van der Waals surface area contributed by atoms with Crippen molar-refractivity contribution in [2.24, 2.45) is 0 Å². The van der Waals surface area contributed by atoms with Crippen LogP contribution in [-0.2, 0) is 27.9 Å². The number of carbonyl (C=O) groups is 1. The van der Waals surface area contributed by atoms with Crippen molar-refractivity contribution in [1.29, 1.82) is 0 Å². The Morgan fingerprint density at radius 2 is 1.46 bits per heavy atom.